The van der Waals surface area contributed by atoms with Crippen molar-refractivity contribution >= 4 is 45.6 Å². The minimum atomic E-state index is -3.49. The zero-order valence-corrected chi connectivity index (χ0v) is 20.8. The van der Waals surface area contributed by atoms with Gasteiger partial charge in [0.05, 0.1) is 4.90 Å². The van der Waals surface area contributed by atoms with Crippen molar-refractivity contribution in [1.29, 1.82) is 0 Å². The van der Waals surface area contributed by atoms with E-state index >= 15 is 0 Å². The number of hydrogen-bond donors (Lipinski definition) is 1. The van der Waals surface area contributed by atoms with Crippen LogP contribution in [0.15, 0.2) is 64.5 Å². The maximum atomic E-state index is 12.6. The van der Waals surface area contributed by atoms with Crippen molar-refractivity contribution in [3.63, 3.8) is 0 Å². The van der Waals surface area contributed by atoms with Gasteiger partial charge in [-0.1, -0.05) is 36.4 Å². The molecule has 1 aliphatic heterocycles. The highest BCUT2D eigenvalue weighted by Gasteiger charge is 2.22. The first-order chi connectivity index (χ1) is 13.9. The van der Waals surface area contributed by atoms with E-state index in [1.54, 1.807) is 33.3 Å². The molecule has 1 N–H and O–H groups in total. The summed E-state index contributed by atoms with van der Waals surface area (Å²) in [6.07, 6.45) is 0. The van der Waals surface area contributed by atoms with E-state index in [0.717, 1.165) is 37.7 Å². The molecule has 164 valence electrons. The summed E-state index contributed by atoms with van der Waals surface area (Å²) in [7, 11) is 1.36. The van der Waals surface area contributed by atoms with Gasteiger partial charge in [0.1, 0.15) is 0 Å². The molecule has 2 aromatic carbocycles. The summed E-state index contributed by atoms with van der Waals surface area (Å²) in [5.41, 5.74) is 1.96. The number of benzene rings is 2. The fourth-order valence-electron chi connectivity index (χ4n) is 3.42. The molecule has 1 fully saturated rings. The van der Waals surface area contributed by atoms with Gasteiger partial charge in [-0.25, -0.2) is 12.7 Å². The fraction of sp³-hybridized carbons (Fsp3) is 0.381. The van der Waals surface area contributed by atoms with Crippen LogP contribution in [-0.4, -0.2) is 70.9 Å². The summed E-state index contributed by atoms with van der Waals surface area (Å²) in [5.74, 6) is 0.787. The number of rotatable bonds is 5. The van der Waals surface area contributed by atoms with E-state index in [4.69, 9.17) is 0 Å². The first-order valence-corrected chi connectivity index (χ1v) is 11.1. The smallest absolute Gasteiger partial charge is 0.242 e. The molecular weight excluding hydrogens is 513 g/mol. The van der Waals surface area contributed by atoms with Crippen LogP contribution in [0.4, 0.5) is 5.69 Å². The average molecular weight is 543 g/mol. The van der Waals surface area contributed by atoms with Crippen molar-refractivity contribution < 1.29 is 8.42 Å². The third-order valence-corrected chi connectivity index (χ3v) is 7.00. The van der Waals surface area contributed by atoms with Gasteiger partial charge in [0.25, 0.3) is 0 Å². The number of para-hydroxylation sites is 1. The predicted octanol–water partition coefficient (Wildman–Crippen LogP) is 2.45. The largest absolute Gasteiger partial charge is 0.368 e. The average Bonchev–Trinajstić information content (AvgIpc) is 2.75. The van der Waals surface area contributed by atoms with Crippen molar-refractivity contribution in [3.8, 4) is 0 Å². The molecule has 0 amide bonds. The second-order valence-electron chi connectivity index (χ2n) is 7.11. The number of guanidine groups is 1. The molecule has 1 aliphatic rings. The molecule has 9 heteroatoms. The summed E-state index contributed by atoms with van der Waals surface area (Å²) in [6.45, 7) is 3.93. The number of hydrogen-bond acceptors (Lipinski definition) is 4. The van der Waals surface area contributed by atoms with Gasteiger partial charge >= 0.3 is 0 Å². The van der Waals surface area contributed by atoms with Crippen molar-refractivity contribution in [2.45, 2.75) is 11.4 Å². The van der Waals surface area contributed by atoms with Gasteiger partial charge in [0.15, 0.2) is 5.96 Å². The lowest BCUT2D eigenvalue weighted by molar-refractivity contribution is 0.372. The third kappa shape index (κ3) is 5.64. The Hall–Kier alpha value is -1.85. The van der Waals surface area contributed by atoms with Gasteiger partial charge in [-0.05, 0) is 23.8 Å². The molecule has 0 bridgehead atoms. The van der Waals surface area contributed by atoms with Crippen LogP contribution < -0.4 is 10.2 Å². The lowest BCUT2D eigenvalue weighted by Crippen LogP contribution is -2.52. The quantitative estimate of drug-likeness (QED) is 0.357. The van der Waals surface area contributed by atoms with E-state index in [2.05, 4.69) is 44.4 Å². The maximum Gasteiger partial charge on any atom is 0.242 e. The predicted molar refractivity (Wildman–Crippen MR) is 133 cm³/mol. The molecule has 0 atom stereocenters. The highest BCUT2D eigenvalue weighted by atomic mass is 127. The monoisotopic (exact) mass is 543 g/mol. The highest BCUT2D eigenvalue weighted by Crippen LogP contribution is 2.19. The van der Waals surface area contributed by atoms with Crippen LogP contribution in [0.25, 0.3) is 0 Å². The lowest BCUT2D eigenvalue weighted by atomic mass is 10.2. The van der Waals surface area contributed by atoms with E-state index < -0.39 is 10.0 Å². The van der Waals surface area contributed by atoms with E-state index in [9.17, 15) is 8.42 Å². The Balaban J connectivity index is 0.00000320. The molecule has 0 spiro atoms. The molecular formula is C21H30IN5O2S. The SMILES string of the molecule is CN=C(NCc1ccccc1S(=O)(=O)N(C)C)N1CCN(c2ccccc2)CC1.I. The number of aliphatic imine (C=N–C) groups is 1. The van der Waals surface area contributed by atoms with Gasteiger partial charge in [0.2, 0.25) is 10.0 Å². The number of nitrogens with one attached hydrogen (secondary N) is 1. The summed E-state index contributed by atoms with van der Waals surface area (Å²) in [5, 5.41) is 3.34. The number of piperazine rings is 1. The Kier molecular flexibility index (Phi) is 8.92. The van der Waals surface area contributed by atoms with Crippen molar-refractivity contribution in [2.24, 2.45) is 4.99 Å². The van der Waals surface area contributed by atoms with Crippen LogP contribution in [-0.2, 0) is 16.6 Å². The third-order valence-electron chi connectivity index (χ3n) is 5.08. The molecule has 0 radical (unpaired) electrons. The summed E-state index contributed by atoms with van der Waals surface area (Å²) in [6, 6.07) is 17.5. The number of anilines is 1. The van der Waals surface area contributed by atoms with E-state index in [0.29, 0.717) is 11.4 Å². The number of halogens is 1. The minimum absolute atomic E-state index is 0. The van der Waals surface area contributed by atoms with Gasteiger partial charge in [0, 0.05) is 59.6 Å². The van der Waals surface area contributed by atoms with Gasteiger partial charge in [-0.15, -0.1) is 24.0 Å². The van der Waals surface area contributed by atoms with Gasteiger partial charge < -0.3 is 15.1 Å². The minimum Gasteiger partial charge on any atom is -0.368 e. The second-order valence-corrected chi connectivity index (χ2v) is 9.23. The summed E-state index contributed by atoms with van der Waals surface area (Å²) < 4.78 is 26.4. The zero-order valence-electron chi connectivity index (χ0n) is 17.7. The van der Waals surface area contributed by atoms with Crippen molar-refractivity contribution in [2.75, 3.05) is 52.2 Å². The van der Waals surface area contributed by atoms with Crippen molar-refractivity contribution in [3.05, 3.63) is 60.2 Å². The van der Waals surface area contributed by atoms with E-state index in [1.807, 2.05) is 18.2 Å². The topological polar surface area (TPSA) is 68.2 Å². The van der Waals surface area contributed by atoms with Crippen LogP contribution in [0.2, 0.25) is 0 Å². The Labute approximate surface area is 196 Å². The van der Waals surface area contributed by atoms with Crippen LogP contribution in [0.5, 0.6) is 0 Å². The molecule has 3 rings (SSSR count). The molecule has 7 nitrogen and oxygen atoms in total. The number of sulfonamides is 1. The Bertz CT molecular complexity index is 943. The second kappa shape index (κ2) is 11.0. The zero-order chi connectivity index (χ0) is 20.9. The standard InChI is InChI=1S/C21H29N5O2S.HI/c1-22-21(26-15-13-25(14-16-26)19-10-5-4-6-11-19)23-17-18-9-7-8-12-20(18)29(27,28)24(2)3;/h4-12H,13-17H2,1-3H3,(H,22,23);1H. The highest BCUT2D eigenvalue weighted by molar-refractivity contribution is 14.0. The van der Waals surface area contributed by atoms with Crippen LogP contribution in [0.3, 0.4) is 0 Å². The lowest BCUT2D eigenvalue weighted by Gasteiger charge is -2.37. The molecule has 1 heterocycles. The molecule has 0 saturated carbocycles. The molecule has 0 aromatic heterocycles. The number of nitrogens with zero attached hydrogens (tertiary/aromatic N) is 4. The van der Waals surface area contributed by atoms with Crippen LogP contribution in [0, 0.1) is 0 Å². The van der Waals surface area contributed by atoms with Gasteiger partial charge in [-0.2, -0.15) is 0 Å². The molecule has 30 heavy (non-hydrogen) atoms. The first kappa shape index (κ1) is 24.4. The first-order valence-electron chi connectivity index (χ1n) is 9.69. The van der Waals surface area contributed by atoms with E-state index in [1.165, 1.54) is 9.99 Å². The Morgan fingerprint density at radius 2 is 1.60 bits per heavy atom. The molecule has 0 aliphatic carbocycles. The normalized spacial score (nSPS) is 15.1. The Morgan fingerprint density at radius 3 is 2.20 bits per heavy atom. The van der Waals surface area contributed by atoms with Crippen LogP contribution in [0.1, 0.15) is 5.56 Å². The summed E-state index contributed by atoms with van der Waals surface area (Å²) >= 11 is 0. The van der Waals surface area contributed by atoms with Gasteiger partial charge in [-0.3, -0.25) is 4.99 Å². The van der Waals surface area contributed by atoms with Crippen LogP contribution >= 0.6 is 24.0 Å². The molecule has 2 aromatic rings. The maximum absolute atomic E-state index is 12.6. The Morgan fingerprint density at radius 1 is 1.00 bits per heavy atom. The van der Waals surface area contributed by atoms with Crippen molar-refractivity contribution in [1.82, 2.24) is 14.5 Å². The fourth-order valence-corrected chi connectivity index (χ4v) is 4.54. The summed E-state index contributed by atoms with van der Waals surface area (Å²) in [4.78, 5) is 9.30. The molecule has 1 saturated heterocycles. The van der Waals surface area contributed by atoms with E-state index in [-0.39, 0.29) is 24.0 Å². The molecule has 0 unspecified atom stereocenters.